The molecule has 0 radical (unpaired) electrons. The molecular formula is C13H17N. The largest absolute Gasteiger partial charge is 0.258 e. The Bertz CT molecular complexity index is 345. The van der Waals surface area contributed by atoms with Gasteiger partial charge in [0.1, 0.15) is 0 Å². The normalized spacial score (nSPS) is 35.1. The van der Waals surface area contributed by atoms with Crippen LogP contribution in [0.2, 0.25) is 0 Å². The molecule has 1 nitrogen and oxygen atoms in total. The standard InChI is InChI=1S/C13H17N/c1-9-3-2-4-13(14-9)12-8-10-5-6-11(12)7-10/h2-4,10-12H,5-8H2,1H3/t10-,11+,12+/m0/s1. The summed E-state index contributed by atoms with van der Waals surface area (Å²) in [5.41, 5.74) is 2.53. The Hall–Kier alpha value is -0.850. The Balaban J connectivity index is 1.89. The van der Waals surface area contributed by atoms with Crippen molar-refractivity contribution >= 4 is 0 Å². The van der Waals surface area contributed by atoms with Gasteiger partial charge in [-0.05, 0) is 50.2 Å². The van der Waals surface area contributed by atoms with Gasteiger partial charge in [0.15, 0.2) is 0 Å². The van der Waals surface area contributed by atoms with Gasteiger partial charge in [-0.3, -0.25) is 4.98 Å². The van der Waals surface area contributed by atoms with E-state index in [1.54, 1.807) is 0 Å². The second-order valence-corrected chi connectivity index (χ2v) is 4.99. The zero-order valence-electron chi connectivity index (χ0n) is 8.74. The highest BCUT2D eigenvalue weighted by Gasteiger charge is 2.40. The molecule has 0 aromatic carbocycles. The first-order valence-corrected chi connectivity index (χ1v) is 5.76. The molecule has 74 valence electrons. The topological polar surface area (TPSA) is 12.9 Å². The average Bonchev–Trinajstić information content (AvgIpc) is 2.78. The lowest BCUT2D eigenvalue weighted by molar-refractivity contribution is 0.413. The van der Waals surface area contributed by atoms with Crippen LogP contribution >= 0.6 is 0 Å². The van der Waals surface area contributed by atoms with Crippen LogP contribution in [0.25, 0.3) is 0 Å². The van der Waals surface area contributed by atoms with Gasteiger partial charge in [0, 0.05) is 17.3 Å². The lowest BCUT2D eigenvalue weighted by Crippen LogP contribution is -2.10. The van der Waals surface area contributed by atoms with Crippen LogP contribution in [0.5, 0.6) is 0 Å². The van der Waals surface area contributed by atoms with E-state index in [0.717, 1.165) is 17.8 Å². The van der Waals surface area contributed by atoms with Crippen molar-refractivity contribution in [2.24, 2.45) is 11.8 Å². The van der Waals surface area contributed by atoms with E-state index in [1.807, 2.05) is 0 Å². The molecule has 0 saturated heterocycles. The Morgan fingerprint density at radius 1 is 1.21 bits per heavy atom. The first-order chi connectivity index (χ1) is 6.83. The van der Waals surface area contributed by atoms with Crippen molar-refractivity contribution < 1.29 is 0 Å². The monoisotopic (exact) mass is 187 g/mol. The summed E-state index contributed by atoms with van der Waals surface area (Å²) in [4.78, 5) is 4.67. The molecule has 2 saturated carbocycles. The quantitative estimate of drug-likeness (QED) is 0.657. The summed E-state index contributed by atoms with van der Waals surface area (Å²) in [5.74, 6) is 2.76. The van der Waals surface area contributed by atoms with E-state index >= 15 is 0 Å². The van der Waals surface area contributed by atoms with E-state index in [9.17, 15) is 0 Å². The maximum atomic E-state index is 4.67. The summed E-state index contributed by atoms with van der Waals surface area (Å²) >= 11 is 0. The lowest BCUT2D eigenvalue weighted by Gasteiger charge is -2.21. The van der Waals surface area contributed by atoms with Crippen LogP contribution in [0.4, 0.5) is 0 Å². The van der Waals surface area contributed by atoms with Crippen LogP contribution in [0.15, 0.2) is 18.2 Å². The predicted octanol–water partition coefficient (Wildman–Crippen LogP) is 3.29. The number of rotatable bonds is 1. The molecule has 0 unspecified atom stereocenters. The maximum absolute atomic E-state index is 4.67. The minimum Gasteiger partial charge on any atom is -0.258 e. The van der Waals surface area contributed by atoms with Gasteiger partial charge >= 0.3 is 0 Å². The fourth-order valence-electron chi connectivity index (χ4n) is 3.38. The number of aromatic nitrogens is 1. The van der Waals surface area contributed by atoms with E-state index in [-0.39, 0.29) is 0 Å². The fraction of sp³-hybridized carbons (Fsp3) is 0.615. The smallest absolute Gasteiger partial charge is 0.0440 e. The van der Waals surface area contributed by atoms with E-state index in [1.165, 1.54) is 37.1 Å². The van der Waals surface area contributed by atoms with Gasteiger partial charge < -0.3 is 0 Å². The summed E-state index contributed by atoms with van der Waals surface area (Å²) in [7, 11) is 0. The van der Waals surface area contributed by atoms with Crippen LogP contribution in [0, 0.1) is 18.8 Å². The van der Waals surface area contributed by atoms with Crippen molar-refractivity contribution in [3.63, 3.8) is 0 Å². The molecular weight excluding hydrogens is 170 g/mol. The van der Waals surface area contributed by atoms with Crippen molar-refractivity contribution in [2.45, 2.75) is 38.5 Å². The summed E-state index contributed by atoms with van der Waals surface area (Å²) < 4.78 is 0. The van der Waals surface area contributed by atoms with Crippen molar-refractivity contribution in [1.29, 1.82) is 0 Å². The molecule has 2 fully saturated rings. The highest BCUT2D eigenvalue weighted by molar-refractivity contribution is 5.17. The van der Waals surface area contributed by atoms with Crippen molar-refractivity contribution in [3.05, 3.63) is 29.6 Å². The molecule has 0 N–H and O–H groups in total. The number of nitrogens with zero attached hydrogens (tertiary/aromatic N) is 1. The van der Waals surface area contributed by atoms with E-state index < -0.39 is 0 Å². The summed E-state index contributed by atoms with van der Waals surface area (Å²) in [6, 6.07) is 6.47. The summed E-state index contributed by atoms with van der Waals surface area (Å²) in [5, 5.41) is 0. The third kappa shape index (κ3) is 1.26. The molecule has 14 heavy (non-hydrogen) atoms. The number of fused-ring (bicyclic) bond motifs is 2. The van der Waals surface area contributed by atoms with E-state index in [4.69, 9.17) is 0 Å². The minimum atomic E-state index is 0.786. The molecule has 2 aliphatic carbocycles. The SMILES string of the molecule is Cc1cccc([C@@H]2C[C@H]3CC[C@@H]2C3)n1. The van der Waals surface area contributed by atoms with Crippen LogP contribution in [0.1, 0.15) is 43.0 Å². The lowest BCUT2D eigenvalue weighted by atomic mass is 9.86. The molecule has 1 aromatic heterocycles. The molecule has 3 rings (SSSR count). The van der Waals surface area contributed by atoms with Crippen LogP contribution in [-0.4, -0.2) is 4.98 Å². The van der Waals surface area contributed by atoms with Crippen molar-refractivity contribution in [3.8, 4) is 0 Å². The zero-order chi connectivity index (χ0) is 9.54. The van der Waals surface area contributed by atoms with Gasteiger partial charge in [-0.2, -0.15) is 0 Å². The van der Waals surface area contributed by atoms with E-state index in [0.29, 0.717) is 0 Å². The van der Waals surface area contributed by atoms with Crippen molar-refractivity contribution in [2.75, 3.05) is 0 Å². The Morgan fingerprint density at radius 3 is 2.79 bits per heavy atom. The maximum Gasteiger partial charge on any atom is 0.0440 e. The third-order valence-electron chi connectivity index (χ3n) is 4.03. The van der Waals surface area contributed by atoms with Gasteiger partial charge in [0.25, 0.3) is 0 Å². The summed E-state index contributed by atoms with van der Waals surface area (Å²) in [6.45, 7) is 2.09. The molecule has 1 aromatic rings. The second-order valence-electron chi connectivity index (χ2n) is 4.99. The zero-order valence-corrected chi connectivity index (χ0v) is 8.74. The number of aryl methyl sites for hydroxylation is 1. The highest BCUT2D eigenvalue weighted by atomic mass is 14.7. The van der Waals surface area contributed by atoms with Gasteiger partial charge in [-0.1, -0.05) is 12.5 Å². The number of hydrogen-bond acceptors (Lipinski definition) is 1. The van der Waals surface area contributed by atoms with Crippen molar-refractivity contribution in [1.82, 2.24) is 4.98 Å². The number of pyridine rings is 1. The van der Waals surface area contributed by atoms with Crippen LogP contribution in [0.3, 0.4) is 0 Å². The van der Waals surface area contributed by atoms with Gasteiger partial charge in [-0.15, -0.1) is 0 Å². The summed E-state index contributed by atoms with van der Waals surface area (Å²) in [6.07, 6.45) is 5.80. The van der Waals surface area contributed by atoms with E-state index in [2.05, 4.69) is 30.1 Å². The highest BCUT2D eigenvalue weighted by Crippen LogP contribution is 2.52. The molecule has 2 aliphatic rings. The number of hydrogen-bond donors (Lipinski definition) is 0. The van der Waals surface area contributed by atoms with Crippen LogP contribution in [-0.2, 0) is 0 Å². The first-order valence-electron chi connectivity index (χ1n) is 5.76. The van der Waals surface area contributed by atoms with Gasteiger partial charge in [0.2, 0.25) is 0 Å². The predicted molar refractivity (Wildman–Crippen MR) is 57.2 cm³/mol. The molecule has 0 aliphatic heterocycles. The molecule has 1 heterocycles. The average molecular weight is 187 g/mol. The molecule has 2 bridgehead atoms. The Kier molecular flexibility index (Phi) is 1.86. The third-order valence-corrected chi connectivity index (χ3v) is 4.03. The Labute approximate surface area is 85.6 Å². The minimum absolute atomic E-state index is 0.786. The van der Waals surface area contributed by atoms with Gasteiger partial charge in [0.05, 0.1) is 0 Å². The Morgan fingerprint density at radius 2 is 2.14 bits per heavy atom. The molecule has 0 spiro atoms. The molecule has 0 amide bonds. The van der Waals surface area contributed by atoms with Crippen LogP contribution < -0.4 is 0 Å². The fourth-order valence-corrected chi connectivity index (χ4v) is 3.38. The first kappa shape index (κ1) is 8.46. The second kappa shape index (κ2) is 3.08. The molecule has 3 atom stereocenters. The van der Waals surface area contributed by atoms with Gasteiger partial charge in [-0.25, -0.2) is 0 Å². The molecule has 1 heteroatoms.